The number of carbonyl (C=O) groups is 1. The van der Waals surface area contributed by atoms with Crippen molar-refractivity contribution in [1.82, 2.24) is 10.6 Å². The van der Waals surface area contributed by atoms with Crippen LogP contribution in [0.15, 0.2) is 18.2 Å². The number of amides is 1. The summed E-state index contributed by atoms with van der Waals surface area (Å²) in [6, 6.07) is 6.42. The van der Waals surface area contributed by atoms with Gasteiger partial charge in [0, 0.05) is 12.6 Å². The Morgan fingerprint density at radius 1 is 1.35 bits per heavy atom. The fraction of sp³-hybridized carbons (Fsp3) is 0.562. The number of hydrogen-bond acceptors (Lipinski definition) is 3. The molecule has 0 aliphatic rings. The highest BCUT2D eigenvalue weighted by molar-refractivity contribution is 5.77. The molecular weight excluding hydrogens is 252 g/mol. The summed E-state index contributed by atoms with van der Waals surface area (Å²) < 4.78 is 5.53. The Bertz CT molecular complexity index is 432. The lowest BCUT2D eigenvalue weighted by Gasteiger charge is -2.16. The van der Waals surface area contributed by atoms with Gasteiger partial charge in [-0.3, -0.25) is 4.79 Å². The van der Waals surface area contributed by atoms with E-state index >= 15 is 0 Å². The molecule has 2 N–H and O–H groups in total. The first-order valence-electron chi connectivity index (χ1n) is 7.31. The molecule has 20 heavy (non-hydrogen) atoms. The fourth-order valence-electron chi connectivity index (χ4n) is 1.97. The minimum atomic E-state index is -0.0889. The van der Waals surface area contributed by atoms with Crippen molar-refractivity contribution in [3.8, 4) is 5.75 Å². The highest BCUT2D eigenvalue weighted by Gasteiger charge is 2.08. The fourth-order valence-corrected chi connectivity index (χ4v) is 1.97. The number of ether oxygens (including phenoxy) is 1. The average molecular weight is 278 g/mol. The summed E-state index contributed by atoms with van der Waals surface area (Å²) >= 11 is 0. The van der Waals surface area contributed by atoms with Gasteiger partial charge in [-0.15, -0.1) is 0 Å². The smallest absolute Gasteiger partial charge is 0.257 e. The zero-order valence-corrected chi connectivity index (χ0v) is 13.0. The number of likely N-dealkylation sites (N-methyl/N-ethyl adjacent to an activating group) is 1. The van der Waals surface area contributed by atoms with Crippen LogP contribution in [0, 0.1) is 6.92 Å². The molecule has 1 amide bonds. The van der Waals surface area contributed by atoms with Crippen LogP contribution >= 0.6 is 0 Å². The third kappa shape index (κ3) is 5.21. The Kier molecular flexibility index (Phi) is 7.09. The van der Waals surface area contributed by atoms with Gasteiger partial charge in [-0.1, -0.05) is 19.1 Å². The summed E-state index contributed by atoms with van der Waals surface area (Å²) in [7, 11) is 0. The molecule has 1 aromatic carbocycles. The van der Waals surface area contributed by atoms with Gasteiger partial charge in [0.2, 0.25) is 0 Å². The molecule has 0 aliphatic heterocycles. The van der Waals surface area contributed by atoms with Crippen LogP contribution in [0.4, 0.5) is 0 Å². The number of nitrogens with one attached hydrogen (secondary N) is 2. The second-order valence-electron chi connectivity index (χ2n) is 4.94. The van der Waals surface area contributed by atoms with Gasteiger partial charge in [-0.25, -0.2) is 0 Å². The molecule has 1 atom stereocenters. The van der Waals surface area contributed by atoms with Gasteiger partial charge in [0.15, 0.2) is 6.61 Å². The number of carbonyl (C=O) groups excluding carboxylic acids is 1. The van der Waals surface area contributed by atoms with E-state index in [1.165, 1.54) is 5.56 Å². The van der Waals surface area contributed by atoms with Crippen molar-refractivity contribution in [1.29, 1.82) is 0 Å². The first-order valence-corrected chi connectivity index (χ1v) is 7.31. The van der Waals surface area contributed by atoms with Crippen molar-refractivity contribution >= 4 is 5.91 Å². The summed E-state index contributed by atoms with van der Waals surface area (Å²) in [6.45, 7) is 9.91. The Morgan fingerprint density at radius 2 is 2.10 bits per heavy atom. The van der Waals surface area contributed by atoms with Crippen molar-refractivity contribution in [3.05, 3.63) is 29.3 Å². The summed E-state index contributed by atoms with van der Waals surface area (Å²) in [5, 5.41) is 6.17. The minimum Gasteiger partial charge on any atom is -0.484 e. The molecule has 0 radical (unpaired) electrons. The Balaban J connectivity index is 2.61. The second kappa shape index (κ2) is 8.59. The third-order valence-corrected chi connectivity index (χ3v) is 3.13. The minimum absolute atomic E-state index is 0.0671. The molecule has 1 aromatic rings. The largest absolute Gasteiger partial charge is 0.484 e. The zero-order chi connectivity index (χ0) is 15.0. The molecule has 0 bridgehead atoms. The zero-order valence-electron chi connectivity index (χ0n) is 13.0. The lowest BCUT2D eigenvalue weighted by molar-refractivity contribution is -0.122. The highest BCUT2D eigenvalue weighted by Crippen LogP contribution is 2.22. The maximum absolute atomic E-state index is 11.4. The Hall–Kier alpha value is -1.55. The van der Waals surface area contributed by atoms with Crippen LogP contribution < -0.4 is 15.4 Å². The Labute approximate surface area is 121 Å². The van der Waals surface area contributed by atoms with Crippen molar-refractivity contribution in [3.63, 3.8) is 0 Å². The third-order valence-electron chi connectivity index (χ3n) is 3.13. The number of benzene rings is 1. The number of aryl methyl sites for hydroxylation is 1. The van der Waals surface area contributed by atoms with Crippen LogP contribution in [0.1, 0.15) is 44.4 Å². The van der Waals surface area contributed by atoms with E-state index in [4.69, 9.17) is 4.74 Å². The van der Waals surface area contributed by atoms with Gasteiger partial charge >= 0.3 is 0 Å². The van der Waals surface area contributed by atoms with E-state index in [1.54, 1.807) is 0 Å². The summed E-state index contributed by atoms with van der Waals surface area (Å²) in [5.74, 6) is 0.677. The number of rotatable bonds is 8. The van der Waals surface area contributed by atoms with Gasteiger partial charge in [0.1, 0.15) is 5.75 Å². The molecule has 0 saturated heterocycles. The van der Waals surface area contributed by atoms with Crippen LogP contribution in [0.25, 0.3) is 0 Å². The lowest BCUT2D eigenvalue weighted by atomic mass is 10.0. The van der Waals surface area contributed by atoms with Gasteiger partial charge < -0.3 is 15.4 Å². The molecule has 0 heterocycles. The maximum Gasteiger partial charge on any atom is 0.257 e. The summed E-state index contributed by atoms with van der Waals surface area (Å²) in [6.07, 6.45) is 1.12. The normalized spacial score (nSPS) is 12.0. The molecule has 4 nitrogen and oxygen atoms in total. The quantitative estimate of drug-likeness (QED) is 0.768. The van der Waals surface area contributed by atoms with Gasteiger partial charge in [-0.05, 0) is 50.9 Å². The van der Waals surface area contributed by atoms with Crippen molar-refractivity contribution in [2.75, 3.05) is 19.7 Å². The number of hydrogen-bond donors (Lipinski definition) is 2. The topological polar surface area (TPSA) is 50.4 Å². The predicted octanol–water partition coefficient (Wildman–Crippen LogP) is 2.57. The SMILES string of the molecule is CCCNC(C)c1ccc(OCC(=O)NCC)c(C)c1. The first-order chi connectivity index (χ1) is 9.58. The van der Waals surface area contributed by atoms with E-state index < -0.39 is 0 Å². The predicted molar refractivity (Wildman–Crippen MR) is 82.1 cm³/mol. The summed E-state index contributed by atoms with van der Waals surface area (Å²) in [5.41, 5.74) is 2.29. The first kappa shape index (κ1) is 16.5. The lowest BCUT2D eigenvalue weighted by Crippen LogP contribution is -2.28. The van der Waals surface area contributed by atoms with Crippen LogP contribution in [0.5, 0.6) is 5.75 Å². The van der Waals surface area contributed by atoms with E-state index in [2.05, 4.69) is 30.5 Å². The summed E-state index contributed by atoms with van der Waals surface area (Å²) in [4.78, 5) is 11.4. The molecule has 1 unspecified atom stereocenters. The second-order valence-corrected chi connectivity index (χ2v) is 4.94. The van der Waals surface area contributed by atoms with E-state index in [9.17, 15) is 4.79 Å². The van der Waals surface area contributed by atoms with Crippen LogP contribution in [-0.2, 0) is 4.79 Å². The van der Waals surface area contributed by atoms with E-state index in [0.717, 1.165) is 24.3 Å². The Morgan fingerprint density at radius 3 is 2.70 bits per heavy atom. The van der Waals surface area contributed by atoms with Crippen molar-refractivity contribution in [2.45, 2.75) is 40.2 Å². The molecule has 112 valence electrons. The standard InChI is InChI=1S/C16H26N2O2/c1-5-9-18-13(4)14-7-8-15(12(3)10-14)20-11-16(19)17-6-2/h7-8,10,13,18H,5-6,9,11H2,1-4H3,(H,17,19). The van der Waals surface area contributed by atoms with E-state index in [1.807, 2.05) is 26.0 Å². The van der Waals surface area contributed by atoms with Gasteiger partial charge in [-0.2, -0.15) is 0 Å². The monoisotopic (exact) mass is 278 g/mol. The average Bonchev–Trinajstić information content (AvgIpc) is 2.43. The van der Waals surface area contributed by atoms with Crippen molar-refractivity contribution < 1.29 is 9.53 Å². The molecule has 0 spiro atoms. The molecule has 4 heteroatoms. The molecule has 0 aliphatic carbocycles. The maximum atomic E-state index is 11.4. The van der Waals surface area contributed by atoms with Gasteiger partial charge in [0.05, 0.1) is 0 Å². The molecular formula is C16H26N2O2. The molecule has 0 saturated carbocycles. The molecule has 0 aromatic heterocycles. The highest BCUT2D eigenvalue weighted by atomic mass is 16.5. The van der Waals surface area contributed by atoms with Crippen molar-refractivity contribution in [2.24, 2.45) is 0 Å². The van der Waals surface area contributed by atoms with Gasteiger partial charge in [0.25, 0.3) is 5.91 Å². The van der Waals surface area contributed by atoms with E-state index in [-0.39, 0.29) is 12.5 Å². The van der Waals surface area contributed by atoms with E-state index in [0.29, 0.717) is 12.6 Å². The molecule has 0 fully saturated rings. The van der Waals surface area contributed by atoms with Crippen LogP contribution in [0.3, 0.4) is 0 Å². The molecule has 1 rings (SSSR count). The van der Waals surface area contributed by atoms with Crippen LogP contribution in [-0.4, -0.2) is 25.6 Å². The van der Waals surface area contributed by atoms with Crippen LogP contribution in [0.2, 0.25) is 0 Å².